The molecule has 0 radical (unpaired) electrons. The van der Waals surface area contributed by atoms with Gasteiger partial charge in [0.05, 0.1) is 12.2 Å². The molecule has 4 heteroatoms. The molecule has 17 heavy (non-hydrogen) atoms. The molecule has 1 saturated heterocycles. The standard InChI is InChI=1S/C13H19BrN2O/c1-9-7-16(8-10(2)17-9)13-5-12(14)4-3-11(13)6-15/h3-5,9-10H,6-8,15H2,1-2H3/t9-,10+. The molecule has 0 spiro atoms. The zero-order valence-electron chi connectivity index (χ0n) is 10.3. The predicted octanol–water partition coefficient (Wildman–Crippen LogP) is 2.52. The number of rotatable bonds is 2. The van der Waals surface area contributed by atoms with Crippen LogP contribution in [0.1, 0.15) is 19.4 Å². The van der Waals surface area contributed by atoms with E-state index in [-0.39, 0.29) is 12.2 Å². The molecule has 1 aliphatic heterocycles. The van der Waals surface area contributed by atoms with Gasteiger partial charge in [0.15, 0.2) is 0 Å². The Hall–Kier alpha value is -0.580. The lowest BCUT2D eigenvalue weighted by Crippen LogP contribution is -2.45. The number of morpholine rings is 1. The van der Waals surface area contributed by atoms with E-state index in [1.54, 1.807) is 0 Å². The minimum atomic E-state index is 0.267. The molecule has 2 atom stereocenters. The van der Waals surface area contributed by atoms with Crippen molar-refractivity contribution in [3.63, 3.8) is 0 Å². The fourth-order valence-electron chi connectivity index (χ4n) is 2.38. The van der Waals surface area contributed by atoms with Gasteiger partial charge in [-0.05, 0) is 31.5 Å². The van der Waals surface area contributed by atoms with Gasteiger partial charge in [-0.2, -0.15) is 0 Å². The summed E-state index contributed by atoms with van der Waals surface area (Å²) >= 11 is 3.52. The van der Waals surface area contributed by atoms with Crippen molar-refractivity contribution in [2.75, 3.05) is 18.0 Å². The lowest BCUT2D eigenvalue weighted by atomic mass is 10.1. The molecule has 0 aliphatic carbocycles. The Kier molecular flexibility index (Phi) is 4.07. The van der Waals surface area contributed by atoms with E-state index in [2.05, 4.69) is 46.8 Å². The molecule has 2 rings (SSSR count). The zero-order chi connectivity index (χ0) is 12.4. The minimum Gasteiger partial charge on any atom is -0.372 e. The molecule has 94 valence electrons. The van der Waals surface area contributed by atoms with Gasteiger partial charge in [-0.15, -0.1) is 0 Å². The summed E-state index contributed by atoms with van der Waals surface area (Å²) in [6.07, 6.45) is 0.534. The highest BCUT2D eigenvalue weighted by molar-refractivity contribution is 9.10. The smallest absolute Gasteiger partial charge is 0.0726 e. The van der Waals surface area contributed by atoms with E-state index >= 15 is 0 Å². The molecular weight excluding hydrogens is 280 g/mol. The molecule has 0 saturated carbocycles. The predicted molar refractivity (Wildman–Crippen MR) is 74.3 cm³/mol. The molecule has 0 bridgehead atoms. The van der Waals surface area contributed by atoms with Crippen molar-refractivity contribution >= 4 is 21.6 Å². The minimum absolute atomic E-state index is 0.267. The van der Waals surface area contributed by atoms with Crippen LogP contribution in [0.2, 0.25) is 0 Å². The van der Waals surface area contributed by atoms with Gasteiger partial charge in [0, 0.05) is 29.8 Å². The van der Waals surface area contributed by atoms with Crippen LogP contribution in [0, 0.1) is 0 Å². The lowest BCUT2D eigenvalue weighted by Gasteiger charge is -2.37. The van der Waals surface area contributed by atoms with Gasteiger partial charge in [-0.3, -0.25) is 0 Å². The maximum absolute atomic E-state index is 5.80. The van der Waals surface area contributed by atoms with E-state index < -0.39 is 0 Å². The van der Waals surface area contributed by atoms with Crippen molar-refractivity contribution in [3.05, 3.63) is 28.2 Å². The first kappa shape index (κ1) is 12.9. The van der Waals surface area contributed by atoms with Crippen LogP contribution in [-0.2, 0) is 11.3 Å². The van der Waals surface area contributed by atoms with Crippen molar-refractivity contribution in [1.29, 1.82) is 0 Å². The Morgan fingerprint density at radius 1 is 1.35 bits per heavy atom. The van der Waals surface area contributed by atoms with Crippen LogP contribution >= 0.6 is 15.9 Å². The summed E-state index contributed by atoms with van der Waals surface area (Å²) in [6.45, 7) is 6.65. The number of ether oxygens (including phenoxy) is 1. The van der Waals surface area contributed by atoms with E-state index in [0.29, 0.717) is 6.54 Å². The summed E-state index contributed by atoms with van der Waals surface area (Å²) in [7, 11) is 0. The molecule has 2 N–H and O–H groups in total. The number of nitrogens with zero attached hydrogens (tertiary/aromatic N) is 1. The van der Waals surface area contributed by atoms with Gasteiger partial charge in [-0.25, -0.2) is 0 Å². The number of anilines is 1. The average Bonchev–Trinajstić information content (AvgIpc) is 2.27. The summed E-state index contributed by atoms with van der Waals surface area (Å²) in [5.41, 5.74) is 8.22. The van der Waals surface area contributed by atoms with E-state index in [1.807, 2.05) is 6.07 Å². The lowest BCUT2D eigenvalue weighted by molar-refractivity contribution is -0.00526. The van der Waals surface area contributed by atoms with E-state index in [0.717, 1.165) is 17.6 Å². The first-order valence-electron chi connectivity index (χ1n) is 5.99. The van der Waals surface area contributed by atoms with Gasteiger partial charge >= 0.3 is 0 Å². The fourth-order valence-corrected chi connectivity index (χ4v) is 2.73. The van der Waals surface area contributed by atoms with Crippen LogP contribution in [-0.4, -0.2) is 25.3 Å². The second kappa shape index (κ2) is 5.38. The summed E-state index contributed by atoms with van der Waals surface area (Å²) < 4.78 is 6.85. The summed E-state index contributed by atoms with van der Waals surface area (Å²) in [5.74, 6) is 0. The Balaban J connectivity index is 2.28. The topological polar surface area (TPSA) is 38.5 Å². The molecule has 1 fully saturated rings. The second-order valence-corrected chi connectivity index (χ2v) is 5.56. The number of halogens is 1. The highest BCUT2D eigenvalue weighted by Gasteiger charge is 2.23. The molecule has 1 aromatic carbocycles. The van der Waals surface area contributed by atoms with Gasteiger partial charge in [-0.1, -0.05) is 22.0 Å². The van der Waals surface area contributed by atoms with Crippen molar-refractivity contribution in [3.8, 4) is 0 Å². The van der Waals surface area contributed by atoms with Gasteiger partial charge < -0.3 is 15.4 Å². The Morgan fingerprint density at radius 3 is 2.59 bits per heavy atom. The monoisotopic (exact) mass is 298 g/mol. The van der Waals surface area contributed by atoms with Crippen LogP contribution < -0.4 is 10.6 Å². The largest absolute Gasteiger partial charge is 0.372 e. The zero-order valence-corrected chi connectivity index (χ0v) is 11.9. The Labute approximate surface area is 111 Å². The van der Waals surface area contributed by atoms with Crippen LogP contribution in [0.4, 0.5) is 5.69 Å². The molecule has 0 amide bonds. The van der Waals surface area contributed by atoms with E-state index in [9.17, 15) is 0 Å². The maximum atomic E-state index is 5.80. The van der Waals surface area contributed by atoms with Crippen LogP contribution in [0.3, 0.4) is 0 Å². The summed E-state index contributed by atoms with van der Waals surface area (Å²) in [5, 5.41) is 0. The molecule has 0 aromatic heterocycles. The highest BCUT2D eigenvalue weighted by Crippen LogP contribution is 2.27. The SMILES string of the molecule is C[C@@H]1CN(c2cc(Br)ccc2CN)C[C@H](C)O1. The van der Waals surface area contributed by atoms with Gasteiger partial charge in [0.25, 0.3) is 0 Å². The van der Waals surface area contributed by atoms with Crippen molar-refractivity contribution < 1.29 is 4.74 Å². The number of benzene rings is 1. The van der Waals surface area contributed by atoms with Crippen molar-refractivity contribution in [2.24, 2.45) is 5.73 Å². The molecular formula is C13H19BrN2O. The molecule has 1 aliphatic rings. The second-order valence-electron chi connectivity index (χ2n) is 4.64. The normalized spacial score (nSPS) is 25.1. The van der Waals surface area contributed by atoms with Gasteiger partial charge in [0.2, 0.25) is 0 Å². The van der Waals surface area contributed by atoms with E-state index in [1.165, 1.54) is 11.3 Å². The summed E-state index contributed by atoms with van der Waals surface area (Å²) in [6, 6.07) is 6.27. The van der Waals surface area contributed by atoms with Crippen LogP contribution in [0.25, 0.3) is 0 Å². The third kappa shape index (κ3) is 3.00. The first-order chi connectivity index (χ1) is 8.10. The van der Waals surface area contributed by atoms with Crippen molar-refractivity contribution in [1.82, 2.24) is 0 Å². The van der Waals surface area contributed by atoms with Gasteiger partial charge in [0.1, 0.15) is 0 Å². The quantitative estimate of drug-likeness (QED) is 0.912. The number of hydrogen-bond donors (Lipinski definition) is 1. The van der Waals surface area contributed by atoms with Crippen LogP contribution in [0.15, 0.2) is 22.7 Å². The first-order valence-corrected chi connectivity index (χ1v) is 6.78. The molecule has 1 heterocycles. The van der Waals surface area contributed by atoms with Crippen LogP contribution in [0.5, 0.6) is 0 Å². The summed E-state index contributed by atoms with van der Waals surface area (Å²) in [4.78, 5) is 2.37. The Bertz CT molecular complexity index is 387. The number of hydrogen-bond acceptors (Lipinski definition) is 3. The van der Waals surface area contributed by atoms with E-state index in [4.69, 9.17) is 10.5 Å². The number of nitrogens with two attached hydrogens (primary N) is 1. The average molecular weight is 299 g/mol. The van der Waals surface area contributed by atoms with Crippen molar-refractivity contribution in [2.45, 2.75) is 32.6 Å². The third-order valence-electron chi connectivity index (χ3n) is 3.03. The molecule has 3 nitrogen and oxygen atoms in total. The highest BCUT2D eigenvalue weighted by atomic mass is 79.9. The third-order valence-corrected chi connectivity index (χ3v) is 3.52. The maximum Gasteiger partial charge on any atom is 0.0726 e. The fraction of sp³-hybridized carbons (Fsp3) is 0.538. The Morgan fingerprint density at radius 2 is 2.00 bits per heavy atom. The molecule has 0 unspecified atom stereocenters. The molecule has 1 aromatic rings.